The third-order valence-corrected chi connectivity index (χ3v) is 3.29. The van der Waals surface area contributed by atoms with Crippen LogP contribution in [-0.2, 0) is 13.1 Å². The quantitative estimate of drug-likeness (QED) is 0.839. The average molecular weight is 277 g/mol. The molecule has 0 saturated carbocycles. The van der Waals surface area contributed by atoms with Gasteiger partial charge in [0.25, 0.3) is 0 Å². The van der Waals surface area contributed by atoms with Gasteiger partial charge >= 0.3 is 0 Å². The predicted octanol–water partition coefficient (Wildman–Crippen LogP) is 1.83. The molecule has 0 atom stereocenters. The molecule has 0 unspecified atom stereocenters. The van der Waals surface area contributed by atoms with Crippen molar-refractivity contribution in [2.45, 2.75) is 20.0 Å². The summed E-state index contributed by atoms with van der Waals surface area (Å²) in [6.07, 6.45) is 1.78. The molecular weight excluding hydrogens is 257 g/mol. The van der Waals surface area contributed by atoms with E-state index in [0.717, 1.165) is 24.3 Å². The number of aryl methyl sites for hydroxylation is 1. The van der Waals surface area contributed by atoms with Gasteiger partial charge in [-0.2, -0.15) is 5.10 Å². The highest BCUT2D eigenvalue weighted by Crippen LogP contribution is 2.07. The molecule has 1 N–H and O–H groups in total. The number of aliphatic hydroxyl groups excluding tert-OH is 1. The standard InChI is InChI=1S/C15H20FN3O/c1-13-6-7-17-19(13)9-8-18(10-11-20)12-14-2-4-15(16)5-3-14/h2-7,20H,8-12H2,1H3. The highest BCUT2D eigenvalue weighted by atomic mass is 19.1. The first-order valence-corrected chi connectivity index (χ1v) is 6.75. The zero-order valence-electron chi connectivity index (χ0n) is 11.7. The van der Waals surface area contributed by atoms with E-state index in [0.29, 0.717) is 13.1 Å². The van der Waals surface area contributed by atoms with Crippen LogP contribution in [0, 0.1) is 12.7 Å². The van der Waals surface area contributed by atoms with E-state index in [2.05, 4.69) is 10.00 Å². The minimum Gasteiger partial charge on any atom is -0.395 e. The van der Waals surface area contributed by atoms with Crippen molar-refractivity contribution in [2.75, 3.05) is 19.7 Å². The molecule has 2 aromatic rings. The lowest BCUT2D eigenvalue weighted by molar-refractivity contribution is 0.183. The lowest BCUT2D eigenvalue weighted by Crippen LogP contribution is -2.30. The monoisotopic (exact) mass is 277 g/mol. The van der Waals surface area contributed by atoms with Crippen LogP contribution in [0.25, 0.3) is 0 Å². The van der Waals surface area contributed by atoms with Crippen molar-refractivity contribution < 1.29 is 9.50 Å². The molecule has 0 radical (unpaired) electrons. The van der Waals surface area contributed by atoms with Gasteiger partial charge in [0.1, 0.15) is 5.82 Å². The summed E-state index contributed by atoms with van der Waals surface area (Å²) in [5.41, 5.74) is 2.16. The van der Waals surface area contributed by atoms with Crippen LogP contribution in [0.3, 0.4) is 0 Å². The number of hydrogen-bond donors (Lipinski definition) is 1. The number of hydrogen-bond acceptors (Lipinski definition) is 3. The molecule has 0 fully saturated rings. The number of halogens is 1. The summed E-state index contributed by atoms with van der Waals surface area (Å²) in [5, 5.41) is 13.4. The largest absolute Gasteiger partial charge is 0.395 e. The minimum atomic E-state index is -0.227. The molecule has 0 spiro atoms. The zero-order valence-corrected chi connectivity index (χ0v) is 11.7. The summed E-state index contributed by atoms with van der Waals surface area (Å²) in [5.74, 6) is -0.227. The Labute approximate surface area is 118 Å². The van der Waals surface area contributed by atoms with Gasteiger partial charge in [-0.3, -0.25) is 9.58 Å². The molecule has 108 valence electrons. The predicted molar refractivity (Wildman–Crippen MR) is 75.7 cm³/mol. The number of benzene rings is 1. The van der Waals surface area contributed by atoms with E-state index in [-0.39, 0.29) is 12.4 Å². The minimum absolute atomic E-state index is 0.110. The lowest BCUT2D eigenvalue weighted by Gasteiger charge is -2.21. The molecular formula is C15H20FN3O. The Morgan fingerprint density at radius 2 is 1.95 bits per heavy atom. The van der Waals surface area contributed by atoms with Crippen LogP contribution in [0.5, 0.6) is 0 Å². The summed E-state index contributed by atoms with van der Waals surface area (Å²) < 4.78 is 14.8. The van der Waals surface area contributed by atoms with E-state index >= 15 is 0 Å². The van der Waals surface area contributed by atoms with Gasteiger partial charge in [0.05, 0.1) is 13.2 Å². The molecule has 1 aromatic carbocycles. The van der Waals surface area contributed by atoms with Gasteiger partial charge in [-0.1, -0.05) is 12.1 Å². The number of nitrogens with zero attached hydrogens (tertiary/aromatic N) is 3. The fourth-order valence-electron chi connectivity index (χ4n) is 2.13. The van der Waals surface area contributed by atoms with Crippen molar-refractivity contribution >= 4 is 0 Å². The Morgan fingerprint density at radius 3 is 2.55 bits per heavy atom. The van der Waals surface area contributed by atoms with Crippen molar-refractivity contribution in [3.63, 3.8) is 0 Å². The molecule has 1 heterocycles. The van der Waals surface area contributed by atoms with Crippen molar-refractivity contribution in [3.05, 3.63) is 53.6 Å². The first kappa shape index (κ1) is 14.7. The Hall–Kier alpha value is -1.72. The van der Waals surface area contributed by atoms with Crippen molar-refractivity contribution in [1.29, 1.82) is 0 Å². The Morgan fingerprint density at radius 1 is 1.20 bits per heavy atom. The lowest BCUT2D eigenvalue weighted by atomic mass is 10.2. The van der Waals surface area contributed by atoms with E-state index in [1.54, 1.807) is 18.3 Å². The SMILES string of the molecule is Cc1ccnn1CCN(CCO)Cc1ccc(F)cc1. The van der Waals surface area contributed by atoms with Gasteiger partial charge < -0.3 is 5.11 Å². The highest BCUT2D eigenvalue weighted by Gasteiger charge is 2.07. The van der Waals surface area contributed by atoms with E-state index < -0.39 is 0 Å². The Bertz CT molecular complexity index is 524. The maximum atomic E-state index is 12.9. The molecule has 0 amide bonds. The zero-order chi connectivity index (χ0) is 14.4. The molecule has 0 aliphatic carbocycles. The van der Waals surface area contributed by atoms with Crippen LogP contribution in [0.1, 0.15) is 11.3 Å². The topological polar surface area (TPSA) is 41.3 Å². The van der Waals surface area contributed by atoms with E-state index in [4.69, 9.17) is 5.11 Å². The van der Waals surface area contributed by atoms with Crippen LogP contribution >= 0.6 is 0 Å². The Kier molecular flexibility index (Phi) is 5.26. The fourth-order valence-corrected chi connectivity index (χ4v) is 2.13. The third kappa shape index (κ3) is 4.15. The highest BCUT2D eigenvalue weighted by molar-refractivity contribution is 5.15. The van der Waals surface area contributed by atoms with Crippen LogP contribution in [0.15, 0.2) is 36.5 Å². The fraction of sp³-hybridized carbons (Fsp3) is 0.400. The molecule has 0 aliphatic heterocycles. The van der Waals surface area contributed by atoms with Crippen molar-refractivity contribution in [3.8, 4) is 0 Å². The summed E-state index contributed by atoms with van der Waals surface area (Å²) in [6, 6.07) is 8.45. The molecule has 5 heteroatoms. The summed E-state index contributed by atoms with van der Waals surface area (Å²) in [4.78, 5) is 2.13. The molecule has 2 rings (SSSR count). The number of rotatable bonds is 7. The summed E-state index contributed by atoms with van der Waals surface area (Å²) in [6.45, 7) is 4.99. The first-order chi connectivity index (χ1) is 9.69. The molecule has 20 heavy (non-hydrogen) atoms. The van der Waals surface area contributed by atoms with E-state index in [1.165, 1.54) is 12.1 Å². The van der Waals surface area contributed by atoms with E-state index in [1.807, 2.05) is 17.7 Å². The van der Waals surface area contributed by atoms with Crippen molar-refractivity contribution in [2.24, 2.45) is 0 Å². The Balaban J connectivity index is 1.93. The second-order valence-electron chi connectivity index (χ2n) is 4.82. The van der Waals surface area contributed by atoms with Gasteiger partial charge in [0.2, 0.25) is 0 Å². The third-order valence-electron chi connectivity index (χ3n) is 3.29. The second kappa shape index (κ2) is 7.17. The smallest absolute Gasteiger partial charge is 0.123 e. The maximum Gasteiger partial charge on any atom is 0.123 e. The number of aromatic nitrogens is 2. The molecule has 0 bridgehead atoms. The molecule has 0 saturated heterocycles. The van der Waals surface area contributed by atoms with Crippen LogP contribution in [0.2, 0.25) is 0 Å². The maximum absolute atomic E-state index is 12.9. The van der Waals surface area contributed by atoms with Crippen LogP contribution in [-0.4, -0.2) is 39.5 Å². The van der Waals surface area contributed by atoms with Gasteiger partial charge in [0.15, 0.2) is 0 Å². The van der Waals surface area contributed by atoms with E-state index in [9.17, 15) is 4.39 Å². The normalized spacial score (nSPS) is 11.2. The summed E-state index contributed by atoms with van der Waals surface area (Å²) in [7, 11) is 0. The average Bonchev–Trinajstić information content (AvgIpc) is 2.84. The van der Waals surface area contributed by atoms with Crippen LogP contribution in [0.4, 0.5) is 4.39 Å². The second-order valence-corrected chi connectivity index (χ2v) is 4.82. The van der Waals surface area contributed by atoms with Gasteiger partial charge in [-0.15, -0.1) is 0 Å². The van der Waals surface area contributed by atoms with Gasteiger partial charge in [-0.25, -0.2) is 4.39 Å². The summed E-state index contributed by atoms with van der Waals surface area (Å²) >= 11 is 0. The molecule has 4 nitrogen and oxygen atoms in total. The number of aliphatic hydroxyl groups is 1. The first-order valence-electron chi connectivity index (χ1n) is 6.75. The molecule has 0 aliphatic rings. The van der Waals surface area contributed by atoms with Gasteiger partial charge in [-0.05, 0) is 30.7 Å². The molecule has 1 aromatic heterocycles. The van der Waals surface area contributed by atoms with Crippen molar-refractivity contribution in [1.82, 2.24) is 14.7 Å². The van der Waals surface area contributed by atoms with Crippen LogP contribution < -0.4 is 0 Å². The van der Waals surface area contributed by atoms with Gasteiger partial charge in [0, 0.05) is 31.5 Å².